The third-order valence-electron chi connectivity index (χ3n) is 3.77. The van der Waals surface area contributed by atoms with Gasteiger partial charge in [0, 0.05) is 30.8 Å². The third kappa shape index (κ3) is 4.29. The molecule has 2 rings (SSSR count). The molecule has 130 valence electrons. The molecule has 3 atom stereocenters. The van der Waals surface area contributed by atoms with Crippen molar-refractivity contribution in [2.24, 2.45) is 0 Å². The highest BCUT2D eigenvalue weighted by Gasteiger charge is 2.29. The highest BCUT2D eigenvalue weighted by atomic mass is 16.6. The monoisotopic (exact) mass is 335 g/mol. The van der Waals surface area contributed by atoms with Gasteiger partial charge in [-0.2, -0.15) is 0 Å². The van der Waals surface area contributed by atoms with E-state index in [-0.39, 0.29) is 29.4 Å². The molecular weight excluding hydrogens is 314 g/mol. The Hall–Kier alpha value is -2.48. The van der Waals surface area contributed by atoms with Gasteiger partial charge in [-0.3, -0.25) is 19.7 Å². The zero-order valence-electron chi connectivity index (χ0n) is 13.9. The molecule has 1 heterocycles. The summed E-state index contributed by atoms with van der Waals surface area (Å²) in [6, 6.07) is 4.67. The Labute approximate surface area is 139 Å². The molecule has 0 radical (unpaired) electrons. The average molecular weight is 335 g/mol. The summed E-state index contributed by atoms with van der Waals surface area (Å²) in [7, 11) is 0. The Morgan fingerprint density at radius 2 is 1.96 bits per heavy atom. The fourth-order valence-corrected chi connectivity index (χ4v) is 2.73. The van der Waals surface area contributed by atoms with Crippen molar-refractivity contribution in [2.75, 3.05) is 13.1 Å². The number of nitro benzene ring substituents is 1. The third-order valence-corrected chi connectivity index (χ3v) is 3.77. The molecule has 8 nitrogen and oxygen atoms in total. The van der Waals surface area contributed by atoms with E-state index in [1.165, 1.54) is 24.3 Å². The topological polar surface area (TPSA) is 102 Å². The van der Waals surface area contributed by atoms with Gasteiger partial charge in [-0.15, -0.1) is 0 Å². The van der Waals surface area contributed by atoms with E-state index < -0.39 is 16.9 Å². The predicted octanol–water partition coefficient (Wildman–Crippen LogP) is 1.35. The second kappa shape index (κ2) is 7.39. The highest BCUT2D eigenvalue weighted by Crippen LogP contribution is 2.14. The van der Waals surface area contributed by atoms with E-state index in [1.54, 1.807) is 11.8 Å². The maximum atomic E-state index is 12.5. The first-order valence-electron chi connectivity index (χ1n) is 7.77. The van der Waals surface area contributed by atoms with Gasteiger partial charge in [0.2, 0.25) is 5.91 Å². The van der Waals surface area contributed by atoms with Crippen molar-refractivity contribution in [1.29, 1.82) is 0 Å². The van der Waals surface area contributed by atoms with Crippen LogP contribution in [0.5, 0.6) is 0 Å². The summed E-state index contributed by atoms with van der Waals surface area (Å²) in [5, 5.41) is 13.4. The summed E-state index contributed by atoms with van der Waals surface area (Å²) in [6.07, 6.45) is -0.116. The van der Waals surface area contributed by atoms with Crippen molar-refractivity contribution in [1.82, 2.24) is 10.2 Å². The molecule has 1 aliphatic heterocycles. The van der Waals surface area contributed by atoms with E-state index in [0.29, 0.717) is 13.1 Å². The lowest BCUT2D eigenvalue weighted by atomic mass is 10.1. The number of nitrogens with one attached hydrogen (secondary N) is 1. The van der Waals surface area contributed by atoms with Crippen LogP contribution >= 0.6 is 0 Å². The maximum Gasteiger partial charge on any atom is 0.270 e. The van der Waals surface area contributed by atoms with Crippen molar-refractivity contribution < 1.29 is 19.2 Å². The van der Waals surface area contributed by atoms with E-state index in [9.17, 15) is 19.7 Å². The molecule has 1 N–H and O–H groups in total. The van der Waals surface area contributed by atoms with Gasteiger partial charge < -0.3 is 15.0 Å². The van der Waals surface area contributed by atoms with Gasteiger partial charge >= 0.3 is 0 Å². The summed E-state index contributed by atoms with van der Waals surface area (Å²) >= 11 is 0. The summed E-state index contributed by atoms with van der Waals surface area (Å²) < 4.78 is 5.59. The molecule has 2 amide bonds. The first-order chi connectivity index (χ1) is 11.3. The van der Waals surface area contributed by atoms with Gasteiger partial charge in [-0.1, -0.05) is 6.07 Å². The number of ether oxygens (including phenoxy) is 1. The molecule has 1 aliphatic rings. The number of nitrogens with zero attached hydrogens (tertiary/aromatic N) is 2. The second-order valence-corrected chi connectivity index (χ2v) is 6.00. The Kier molecular flexibility index (Phi) is 5.50. The molecule has 0 bridgehead atoms. The molecule has 1 aromatic carbocycles. The van der Waals surface area contributed by atoms with Gasteiger partial charge in [0.05, 0.1) is 17.1 Å². The number of benzene rings is 1. The summed E-state index contributed by atoms with van der Waals surface area (Å²) in [4.78, 5) is 36.6. The van der Waals surface area contributed by atoms with Crippen LogP contribution in [-0.4, -0.2) is 53.0 Å². The van der Waals surface area contributed by atoms with E-state index in [2.05, 4.69) is 5.32 Å². The molecular formula is C16H21N3O5. The Bertz CT molecular complexity index is 638. The fraction of sp³-hybridized carbons (Fsp3) is 0.500. The molecule has 1 aromatic rings. The van der Waals surface area contributed by atoms with Crippen LogP contribution in [-0.2, 0) is 9.53 Å². The summed E-state index contributed by atoms with van der Waals surface area (Å²) in [5.74, 6) is -0.718. The molecule has 0 aliphatic carbocycles. The normalized spacial score (nSPS) is 21.9. The maximum absolute atomic E-state index is 12.5. The number of hydrogen-bond acceptors (Lipinski definition) is 5. The minimum absolute atomic E-state index is 0.0580. The first-order valence-corrected chi connectivity index (χ1v) is 7.77. The smallest absolute Gasteiger partial charge is 0.270 e. The zero-order chi connectivity index (χ0) is 17.9. The molecule has 0 spiro atoms. The number of carbonyl (C=O) groups excluding carboxylic acids is 2. The van der Waals surface area contributed by atoms with Crippen LogP contribution in [0.25, 0.3) is 0 Å². The van der Waals surface area contributed by atoms with Crippen LogP contribution < -0.4 is 5.32 Å². The summed E-state index contributed by atoms with van der Waals surface area (Å²) in [5.41, 5.74) is -0.0231. The van der Waals surface area contributed by atoms with Crippen LogP contribution in [0.4, 0.5) is 5.69 Å². The lowest BCUT2D eigenvalue weighted by molar-refractivity contribution is -0.384. The molecule has 24 heavy (non-hydrogen) atoms. The Balaban J connectivity index is 2.01. The lowest BCUT2D eigenvalue weighted by Gasteiger charge is -2.36. The molecule has 0 aromatic heterocycles. The average Bonchev–Trinajstić information content (AvgIpc) is 2.53. The van der Waals surface area contributed by atoms with E-state index in [1.807, 2.05) is 13.8 Å². The molecule has 0 saturated carbocycles. The number of morpholine rings is 1. The predicted molar refractivity (Wildman–Crippen MR) is 86.6 cm³/mol. The number of non-ortho nitro benzene ring substituents is 1. The Morgan fingerprint density at radius 3 is 2.54 bits per heavy atom. The van der Waals surface area contributed by atoms with Crippen LogP contribution in [0.3, 0.4) is 0 Å². The number of rotatable bonds is 4. The van der Waals surface area contributed by atoms with E-state index in [0.717, 1.165) is 0 Å². The van der Waals surface area contributed by atoms with Crippen molar-refractivity contribution in [3.05, 3.63) is 39.9 Å². The van der Waals surface area contributed by atoms with Gasteiger partial charge in [-0.25, -0.2) is 0 Å². The standard InChI is InChI=1S/C16H21N3O5/c1-10-8-18(9-11(2)24-10)16(21)12(3)17-15(20)13-5-4-6-14(7-13)19(22)23/h4-7,10-12H,8-9H2,1-3H3,(H,17,20). The van der Waals surface area contributed by atoms with E-state index in [4.69, 9.17) is 4.74 Å². The van der Waals surface area contributed by atoms with E-state index >= 15 is 0 Å². The van der Waals surface area contributed by atoms with Crippen molar-refractivity contribution in [3.63, 3.8) is 0 Å². The van der Waals surface area contributed by atoms with Gasteiger partial charge in [0.1, 0.15) is 6.04 Å². The minimum Gasteiger partial charge on any atom is -0.372 e. The number of amides is 2. The first kappa shape index (κ1) is 17.9. The van der Waals surface area contributed by atoms with Crippen LogP contribution in [0.15, 0.2) is 24.3 Å². The summed E-state index contributed by atoms with van der Waals surface area (Å²) in [6.45, 7) is 6.33. The second-order valence-electron chi connectivity index (χ2n) is 6.00. The zero-order valence-corrected chi connectivity index (χ0v) is 13.9. The van der Waals surface area contributed by atoms with Crippen molar-refractivity contribution in [2.45, 2.75) is 39.0 Å². The van der Waals surface area contributed by atoms with Gasteiger partial charge in [-0.05, 0) is 26.8 Å². The SMILES string of the molecule is CC1CN(C(=O)C(C)NC(=O)c2cccc([N+](=O)[O-])c2)CC(C)O1. The van der Waals surface area contributed by atoms with Crippen molar-refractivity contribution >= 4 is 17.5 Å². The van der Waals surface area contributed by atoms with Crippen LogP contribution in [0, 0.1) is 10.1 Å². The van der Waals surface area contributed by atoms with Crippen LogP contribution in [0.1, 0.15) is 31.1 Å². The highest BCUT2D eigenvalue weighted by molar-refractivity contribution is 5.97. The van der Waals surface area contributed by atoms with Gasteiger partial charge in [0.25, 0.3) is 11.6 Å². The Morgan fingerprint density at radius 1 is 1.33 bits per heavy atom. The molecule has 8 heteroatoms. The number of nitro groups is 1. The number of hydrogen-bond donors (Lipinski definition) is 1. The molecule has 1 saturated heterocycles. The van der Waals surface area contributed by atoms with Crippen LogP contribution in [0.2, 0.25) is 0 Å². The van der Waals surface area contributed by atoms with Crippen molar-refractivity contribution in [3.8, 4) is 0 Å². The molecule has 1 fully saturated rings. The largest absolute Gasteiger partial charge is 0.372 e. The minimum atomic E-state index is -0.728. The quantitative estimate of drug-likeness (QED) is 0.661. The fourth-order valence-electron chi connectivity index (χ4n) is 2.73. The van der Waals surface area contributed by atoms with Gasteiger partial charge in [0.15, 0.2) is 0 Å². The number of carbonyl (C=O) groups is 2. The lowest BCUT2D eigenvalue weighted by Crippen LogP contribution is -2.54. The molecule has 3 unspecified atom stereocenters.